The largest absolute Gasteiger partial charge is 0.384 e. The molecule has 3 aliphatic rings. The van der Waals surface area contributed by atoms with E-state index in [1.165, 1.54) is 5.57 Å². The fraction of sp³-hybridized carbons (Fsp3) is 0.517. The Hall–Kier alpha value is -2.50. The average molecular weight is 461 g/mol. The summed E-state index contributed by atoms with van der Waals surface area (Å²) in [6.07, 6.45) is 11.4. The van der Waals surface area contributed by atoms with Crippen LogP contribution in [-0.2, 0) is 16.8 Å². The minimum Gasteiger partial charge on any atom is -0.384 e. The monoisotopic (exact) mass is 460 g/mol. The van der Waals surface area contributed by atoms with Crippen LogP contribution in [0.25, 0.3) is 5.57 Å². The Labute approximate surface area is 202 Å². The normalized spacial score (nSPS) is 32.0. The van der Waals surface area contributed by atoms with Crippen molar-refractivity contribution < 1.29 is 14.6 Å². The molecule has 2 N–H and O–H groups in total. The molecule has 2 bridgehead atoms. The molecule has 1 aromatic heterocycles. The highest BCUT2D eigenvalue weighted by atomic mass is 16.5. The van der Waals surface area contributed by atoms with E-state index in [9.17, 15) is 9.90 Å². The SMILES string of the molecule is Cc1cnc(C(=O)Cc2ccc(C3(O)[C@H](C)[C@@H]4C=C[C@@H](O4)[C@@H]3C)cc2C2=CCC(C)(C)CC2)[nH]1. The van der Waals surface area contributed by atoms with Crippen LogP contribution in [0.15, 0.2) is 42.6 Å². The summed E-state index contributed by atoms with van der Waals surface area (Å²) < 4.78 is 6.10. The molecule has 1 aliphatic carbocycles. The van der Waals surface area contributed by atoms with Crippen molar-refractivity contribution in [1.29, 1.82) is 0 Å². The number of nitrogens with one attached hydrogen (secondary N) is 1. The lowest BCUT2D eigenvalue weighted by Gasteiger charge is -2.47. The first-order valence-electron chi connectivity index (χ1n) is 12.5. The van der Waals surface area contributed by atoms with Gasteiger partial charge in [-0.3, -0.25) is 4.79 Å². The van der Waals surface area contributed by atoms with Crippen molar-refractivity contribution in [1.82, 2.24) is 9.97 Å². The highest BCUT2D eigenvalue weighted by Gasteiger charge is 2.53. The number of aryl methyl sites for hydroxylation is 1. The number of ketones is 1. The van der Waals surface area contributed by atoms with Crippen LogP contribution < -0.4 is 0 Å². The van der Waals surface area contributed by atoms with Gasteiger partial charge in [0.2, 0.25) is 5.78 Å². The number of ether oxygens (including phenoxy) is 1. The summed E-state index contributed by atoms with van der Waals surface area (Å²) in [6, 6.07) is 6.21. The summed E-state index contributed by atoms with van der Waals surface area (Å²) in [6.45, 7) is 10.7. The van der Waals surface area contributed by atoms with E-state index in [4.69, 9.17) is 4.74 Å². The van der Waals surface area contributed by atoms with Gasteiger partial charge in [0.1, 0.15) is 5.60 Å². The predicted molar refractivity (Wildman–Crippen MR) is 133 cm³/mol. The van der Waals surface area contributed by atoms with Crippen LogP contribution in [0.3, 0.4) is 0 Å². The molecule has 2 aliphatic heterocycles. The Morgan fingerprint density at radius 1 is 1.21 bits per heavy atom. The van der Waals surface area contributed by atoms with Crippen molar-refractivity contribution in [2.45, 2.75) is 78.1 Å². The molecule has 0 amide bonds. The number of hydrogen-bond acceptors (Lipinski definition) is 4. The van der Waals surface area contributed by atoms with E-state index < -0.39 is 5.60 Å². The number of allylic oxidation sites excluding steroid dienone is 2. The number of carbonyl (C=O) groups is 1. The Kier molecular flexibility index (Phi) is 5.69. The number of aromatic nitrogens is 2. The number of aliphatic hydroxyl groups is 1. The zero-order valence-electron chi connectivity index (χ0n) is 20.9. The van der Waals surface area contributed by atoms with Crippen molar-refractivity contribution in [3.8, 4) is 0 Å². The summed E-state index contributed by atoms with van der Waals surface area (Å²) in [5.41, 5.74) is 4.44. The number of carbonyl (C=O) groups excluding carboxylic acids is 1. The van der Waals surface area contributed by atoms with Crippen LogP contribution in [0.1, 0.15) is 80.0 Å². The molecule has 1 aromatic carbocycles. The fourth-order valence-electron chi connectivity index (χ4n) is 5.91. The van der Waals surface area contributed by atoms with Crippen LogP contribution >= 0.6 is 0 Å². The van der Waals surface area contributed by atoms with Gasteiger partial charge in [-0.1, -0.05) is 58.1 Å². The molecule has 0 spiro atoms. The van der Waals surface area contributed by atoms with Crippen molar-refractivity contribution in [2.75, 3.05) is 0 Å². The highest BCUT2D eigenvalue weighted by Crippen LogP contribution is 2.50. The molecule has 5 heteroatoms. The van der Waals surface area contributed by atoms with E-state index >= 15 is 0 Å². The quantitative estimate of drug-likeness (QED) is 0.454. The predicted octanol–water partition coefficient (Wildman–Crippen LogP) is 5.53. The molecule has 2 aromatic rings. The number of benzene rings is 1. The van der Waals surface area contributed by atoms with Gasteiger partial charge in [-0.2, -0.15) is 0 Å². The first-order valence-corrected chi connectivity index (χ1v) is 12.5. The number of fused-ring (bicyclic) bond motifs is 2. The Bertz CT molecular complexity index is 1150. The number of aromatic amines is 1. The van der Waals surface area contributed by atoms with Crippen molar-refractivity contribution >= 4 is 11.4 Å². The zero-order chi connectivity index (χ0) is 24.3. The smallest absolute Gasteiger partial charge is 0.202 e. The molecule has 3 heterocycles. The number of nitrogens with zero attached hydrogens (tertiary/aromatic N) is 1. The van der Waals surface area contributed by atoms with Gasteiger partial charge in [-0.05, 0) is 59.9 Å². The maximum absolute atomic E-state index is 13.0. The molecular formula is C29H36N2O3. The number of imidazole rings is 1. The van der Waals surface area contributed by atoms with Gasteiger partial charge in [-0.25, -0.2) is 4.98 Å². The van der Waals surface area contributed by atoms with Gasteiger partial charge < -0.3 is 14.8 Å². The third-order valence-corrected chi connectivity index (χ3v) is 8.39. The summed E-state index contributed by atoms with van der Waals surface area (Å²) in [7, 11) is 0. The fourth-order valence-corrected chi connectivity index (χ4v) is 5.91. The maximum Gasteiger partial charge on any atom is 0.202 e. The summed E-state index contributed by atoms with van der Waals surface area (Å²) >= 11 is 0. The van der Waals surface area contributed by atoms with Crippen molar-refractivity contribution in [3.63, 3.8) is 0 Å². The molecule has 34 heavy (non-hydrogen) atoms. The zero-order valence-corrected chi connectivity index (χ0v) is 20.9. The molecule has 1 saturated heterocycles. The van der Waals surface area contributed by atoms with Gasteiger partial charge in [0.05, 0.1) is 12.2 Å². The van der Waals surface area contributed by atoms with E-state index in [0.717, 1.165) is 41.6 Å². The number of rotatable bonds is 5. The van der Waals surface area contributed by atoms with Gasteiger partial charge in [0.25, 0.3) is 0 Å². The Balaban J connectivity index is 1.55. The van der Waals surface area contributed by atoms with E-state index in [1.807, 2.05) is 19.1 Å². The third-order valence-electron chi connectivity index (χ3n) is 8.39. The van der Waals surface area contributed by atoms with Crippen LogP contribution in [0.2, 0.25) is 0 Å². The minimum absolute atomic E-state index is 0.0207. The van der Waals surface area contributed by atoms with Crippen LogP contribution in [-0.4, -0.2) is 33.1 Å². The van der Waals surface area contributed by atoms with Gasteiger partial charge in [-0.15, -0.1) is 0 Å². The molecule has 1 unspecified atom stereocenters. The molecule has 5 nitrogen and oxygen atoms in total. The Morgan fingerprint density at radius 2 is 1.91 bits per heavy atom. The summed E-state index contributed by atoms with van der Waals surface area (Å²) in [5, 5.41) is 12.1. The number of hydrogen-bond donors (Lipinski definition) is 2. The average Bonchev–Trinajstić information content (AvgIpc) is 3.45. The standard InChI is InChI=1S/C29H36N2O3/c1-17-16-30-27(31-17)24(32)14-21-6-7-22(15-23(21)20-10-12-28(4,5)13-11-20)29(33)18(2)25-8-9-26(34-25)19(29)3/h6-10,15-16,18-19,25-26,33H,11-14H2,1-5H3,(H,30,31)/t18-,19+,25+,26-,29?. The number of Topliss-reactive ketones (excluding diaryl/α,β-unsaturated/α-hetero) is 1. The van der Waals surface area contributed by atoms with E-state index in [1.54, 1.807) is 6.20 Å². The van der Waals surface area contributed by atoms with Gasteiger partial charge >= 0.3 is 0 Å². The van der Waals surface area contributed by atoms with E-state index in [2.05, 4.69) is 62.0 Å². The van der Waals surface area contributed by atoms with Crippen LogP contribution in [0, 0.1) is 24.2 Å². The van der Waals surface area contributed by atoms with Crippen LogP contribution in [0.5, 0.6) is 0 Å². The molecule has 5 atom stereocenters. The topological polar surface area (TPSA) is 75.2 Å². The maximum atomic E-state index is 13.0. The second kappa shape index (κ2) is 8.31. The lowest BCUT2D eigenvalue weighted by molar-refractivity contribution is -0.187. The molecular weight excluding hydrogens is 424 g/mol. The molecule has 0 saturated carbocycles. The first-order chi connectivity index (χ1) is 16.1. The summed E-state index contributed by atoms with van der Waals surface area (Å²) in [4.78, 5) is 20.3. The Morgan fingerprint density at radius 3 is 2.50 bits per heavy atom. The molecule has 180 valence electrons. The van der Waals surface area contributed by atoms with E-state index in [0.29, 0.717) is 5.82 Å². The van der Waals surface area contributed by atoms with Gasteiger partial charge in [0, 0.05) is 30.1 Å². The lowest BCUT2D eigenvalue weighted by atomic mass is 9.68. The minimum atomic E-state index is -0.999. The lowest BCUT2D eigenvalue weighted by Crippen LogP contribution is -2.53. The highest BCUT2D eigenvalue weighted by molar-refractivity contribution is 5.95. The third kappa shape index (κ3) is 3.89. The molecule has 5 rings (SSSR count). The number of H-pyrrole nitrogens is 1. The van der Waals surface area contributed by atoms with E-state index in [-0.39, 0.29) is 41.7 Å². The van der Waals surface area contributed by atoms with Crippen molar-refractivity contribution in [3.05, 3.63) is 70.8 Å². The second-order valence-electron chi connectivity index (χ2n) is 11.3. The molecule has 0 radical (unpaired) electrons. The van der Waals surface area contributed by atoms with Crippen molar-refractivity contribution in [2.24, 2.45) is 17.3 Å². The summed E-state index contributed by atoms with van der Waals surface area (Å²) in [5.74, 6) is 0.248. The molecule has 1 fully saturated rings. The first kappa shape index (κ1) is 23.3. The second-order valence-corrected chi connectivity index (χ2v) is 11.3. The van der Waals surface area contributed by atoms with Gasteiger partial charge in [0.15, 0.2) is 5.82 Å². The van der Waals surface area contributed by atoms with Crippen LogP contribution in [0.4, 0.5) is 0 Å².